The molecule has 5 heteroatoms. The first-order valence-corrected chi connectivity index (χ1v) is 25.8. The number of carbonyl (C=O) groups excluding carboxylic acids is 2. The van der Waals surface area contributed by atoms with Gasteiger partial charge in [0.25, 0.3) is 0 Å². The first-order chi connectivity index (χ1) is 30.6. The molecule has 0 aromatic rings. The Bertz CT molecular complexity index is 1200. The normalized spacial score (nSPS) is 13.0. The smallest absolute Gasteiger partial charge is 0.306 e. The zero-order valence-corrected chi connectivity index (χ0v) is 40.6. The first-order valence-electron chi connectivity index (χ1n) is 25.8. The predicted octanol–water partition coefficient (Wildman–Crippen LogP) is 17.5. The number of rotatable bonds is 46. The molecule has 0 spiro atoms. The molecule has 0 aromatic carbocycles. The van der Waals surface area contributed by atoms with Gasteiger partial charge in [-0.1, -0.05) is 195 Å². The quantitative estimate of drug-likeness (QED) is 0.0347. The summed E-state index contributed by atoms with van der Waals surface area (Å²) in [4.78, 5) is 25.3. The summed E-state index contributed by atoms with van der Waals surface area (Å²) < 4.78 is 17.3. The SMILES string of the molecule is CC/C=C\C/C=C\C/C=C\CCCCCC(=O)OCC(COCCCCCCCCCCCC/C=C\C/C=C\CCCCC)OC(=O)CCCCC/C=C\C/C=C\C/C=C\CC. The van der Waals surface area contributed by atoms with E-state index in [1.165, 1.54) is 83.5 Å². The van der Waals surface area contributed by atoms with E-state index in [4.69, 9.17) is 14.2 Å². The molecule has 0 aliphatic heterocycles. The Morgan fingerprint density at radius 3 is 1.16 bits per heavy atom. The number of allylic oxidation sites excluding steroid dienone is 16. The fourth-order valence-corrected chi connectivity index (χ4v) is 6.80. The molecule has 0 bridgehead atoms. The second-order valence-corrected chi connectivity index (χ2v) is 16.7. The van der Waals surface area contributed by atoms with Crippen molar-refractivity contribution in [3.63, 3.8) is 0 Å². The van der Waals surface area contributed by atoms with Gasteiger partial charge in [-0.2, -0.15) is 0 Å². The van der Waals surface area contributed by atoms with Gasteiger partial charge in [0.2, 0.25) is 0 Å². The standard InChI is InChI=1S/C57H96O5/c1-4-7-10-13-16-19-22-25-26-27-28-29-30-31-34-37-40-43-46-49-52-60-53-55(62-57(59)51-48-45-42-39-36-33-24-21-18-15-12-9-6-3)54-61-56(58)50-47-44-41-38-35-32-23-20-17-14-11-8-5-2/h8-9,11-12,16-21,25-26,32-33,35-36,55H,4-7,10,13-15,22-24,27-31,34,37-54H2,1-3H3/b11-8-,12-9-,19-16-,20-17-,21-18-,26-25-,35-32-,36-33-. The Labute approximate surface area is 383 Å². The molecule has 0 saturated heterocycles. The molecule has 1 unspecified atom stereocenters. The molecule has 0 heterocycles. The second kappa shape index (κ2) is 52.2. The van der Waals surface area contributed by atoms with E-state index < -0.39 is 6.10 Å². The van der Waals surface area contributed by atoms with Crippen LogP contribution in [0.4, 0.5) is 0 Å². The molecule has 0 saturated carbocycles. The molecule has 0 aliphatic rings. The van der Waals surface area contributed by atoms with Crippen molar-refractivity contribution < 1.29 is 23.8 Å². The maximum atomic E-state index is 12.8. The Morgan fingerprint density at radius 1 is 0.371 bits per heavy atom. The average Bonchev–Trinajstić information content (AvgIpc) is 3.27. The molecule has 0 rings (SSSR count). The predicted molar refractivity (Wildman–Crippen MR) is 270 cm³/mol. The zero-order chi connectivity index (χ0) is 44.9. The van der Waals surface area contributed by atoms with E-state index in [9.17, 15) is 9.59 Å². The highest BCUT2D eigenvalue weighted by atomic mass is 16.6. The molecular weight excluding hydrogens is 765 g/mol. The van der Waals surface area contributed by atoms with Crippen molar-refractivity contribution in [1.29, 1.82) is 0 Å². The van der Waals surface area contributed by atoms with Crippen LogP contribution in [0, 0.1) is 0 Å². The summed E-state index contributed by atoms with van der Waals surface area (Å²) in [7, 11) is 0. The van der Waals surface area contributed by atoms with Gasteiger partial charge in [0, 0.05) is 19.4 Å². The third-order valence-electron chi connectivity index (χ3n) is 10.6. The Kier molecular flexibility index (Phi) is 49.5. The van der Waals surface area contributed by atoms with E-state index in [1.807, 2.05) is 0 Å². The third kappa shape index (κ3) is 49.5. The highest BCUT2D eigenvalue weighted by Crippen LogP contribution is 2.13. The number of carbonyl (C=O) groups is 2. The van der Waals surface area contributed by atoms with E-state index in [-0.39, 0.29) is 25.2 Å². The number of unbranched alkanes of at least 4 members (excludes halogenated alkanes) is 19. The van der Waals surface area contributed by atoms with Crippen LogP contribution < -0.4 is 0 Å². The minimum Gasteiger partial charge on any atom is -0.462 e. The van der Waals surface area contributed by atoms with Gasteiger partial charge in [-0.3, -0.25) is 9.59 Å². The van der Waals surface area contributed by atoms with Gasteiger partial charge in [-0.25, -0.2) is 0 Å². The number of hydrogen-bond donors (Lipinski definition) is 0. The summed E-state index contributed by atoms with van der Waals surface area (Å²) in [6, 6.07) is 0. The van der Waals surface area contributed by atoms with Gasteiger partial charge in [-0.05, 0) is 116 Å². The van der Waals surface area contributed by atoms with Gasteiger partial charge in [0.15, 0.2) is 6.10 Å². The molecule has 0 aliphatic carbocycles. The molecule has 354 valence electrons. The van der Waals surface area contributed by atoms with Crippen LogP contribution in [0.5, 0.6) is 0 Å². The second-order valence-electron chi connectivity index (χ2n) is 16.7. The molecule has 0 amide bonds. The van der Waals surface area contributed by atoms with Crippen molar-refractivity contribution >= 4 is 11.9 Å². The van der Waals surface area contributed by atoms with Crippen molar-refractivity contribution in [1.82, 2.24) is 0 Å². The van der Waals surface area contributed by atoms with Gasteiger partial charge in [0.1, 0.15) is 6.61 Å². The van der Waals surface area contributed by atoms with E-state index in [2.05, 4.69) is 118 Å². The first kappa shape index (κ1) is 58.8. The molecule has 0 radical (unpaired) electrons. The Balaban J connectivity index is 4.31. The van der Waals surface area contributed by atoms with Crippen molar-refractivity contribution in [2.24, 2.45) is 0 Å². The van der Waals surface area contributed by atoms with E-state index in [1.54, 1.807) is 0 Å². The van der Waals surface area contributed by atoms with Crippen molar-refractivity contribution in [3.05, 3.63) is 97.2 Å². The monoisotopic (exact) mass is 861 g/mol. The van der Waals surface area contributed by atoms with Gasteiger partial charge in [-0.15, -0.1) is 0 Å². The maximum absolute atomic E-state index is 12.8. The summed E-state index contributed by atoms with van der Waals surface area (Å²) in [5.41, 5.74) is 0. The summed E-state index contributed by atoms with van der Waals surface area (Å²) in [6.45, 7) is 7.50. The lowest BCUT2D eigenvalue weighted by molar-refractivity contribution is -0.163. The number of ether oxygens (including phenoxy) is 3. The average molecular weight is 861 g/mol. The van der Waals surface area contributed by atoms with Crippen molar-refractivity contribution in [3.8, 4) is 0 Å². The minimum absolute atomic E-state index is 0.0523. The van der Waals surface area contributed by atoms with Crippen LogP contribution in [0.1, 0.15) is 226 Å². The maximum Gasteiger partial charge on any atom is 0.306 e. The number of esters is 2. The zero-order valence-electron chi connectivity index (χ0n) is 40.6. The van der Waals surface area contributed by atoms with Crippen LogP contribution in [0.3, 0.4) is 0 Å². The van der Waals surface area contributed by atoms with Crippen molar-refractivity contribution in [2.45, 2.75) is 232 Å². The minimum atomic E-state index is -0.569. The highest BCUT2D eigenvalue weighted by molar-refractivity contribution is 5.70. The Morgan fingerprint density at radius 2 is 0.726 bits per heavy atom. The molecule has 0 N–H and O–H groups in total. The lowest BCUT2D eigenvalue weighted by Gasteiger charge is -2.18. The lowest BCUT2D eigenvalue weighted by Crippen LogP contribution is -2.30. The molecule has 62 heavy (non-hydrogen) atoms. The van der Waals surface area contributed by atoms with Gasteiger partial charge < -0.3 is 14.2 Å². The Hall–Kier alpha value is -3.18. The van der Waals surface area contributed by atoms with Gasteiger partial charge >= 0.3 is 11.9 Å². The number of hydrogen-bond acceptors (Lipinski definition) is 5. The van der Waals surface area contributed by atoms with Crippen molar-refractivity contribution in [2.75, 3.05) is 19.8 Å². The summed E-state index contributed by atoms with van der Waals surface area (Å²) in [5.74, 6) is -0.470. The largest absolute Gasteiger partial charge is 0.462 e. The fourth-order valence-electron chi connectivity index (χ4n) is 6.80. The van der Waals surface area contributed by atoms with Crippen LogP contribution in [-0.2, 0) is 23.8 Å². The summed E-state index contributed by atoms with van der Waals surface area (Å²) >= 11 is 0. The molecule has 5 nitrogen and oxygen atoms in total. The van der Waals surface area contributed by atoms with Crippen LogP contribution >= 0.6 is 0 Å². The molecular formula is C57H96O5. The topological polar surface area (TPSA) is 61.8 Å². The van der Waals surface area contributed by atoms with E-state index in [0.29, 0.717) is 19.4 Å². The fraction of sp³-hybridized carbons (Fsp3) is 0.684. The van der Waals surface area contributed by atoms with E-state index >= 15 is 0 Å². The molecule has 1 atom stereocenters. The van der Waals surface area contributed by atoms with Crippen LogP contribution in [0.2, 0.25) is 0 Å². The van der Waals surface area contributed by atoms with Crippen LogP contribution in [0.25, 0.3) is 0 Å². The lowest BCUT2D eigenvalue weighted by atomic mass is 10.1. The summed E-state index contributed by atoms with van der Waals surface area (Å²) in [5, 5.41) is 0. The summed E-state index contributed by atoms with van der Waals surface area (Å²) in [6.07, 6.45) is 70.0. The van der Waals surface area contributed by atoms with Crippen LogP contribution in [-0.4, -0.2) is 37.9 Å². The highest BCUT2D eigenvalue weighted by Gasteiger charge is 2.17. The van der Waals surface area contributed by atoms with E-state index in [0.717, 1.165) is 109 Å². The van der Waals surface area contributed by atoms with Crippen LogP contribution in [0.15, 0.2) is 97.2 Å². The molecule has 0 fully saturated rings. The molecule has 0 aromatic heterocycles. The van der Waals surface area contributed by atoms with Gasteiger partial charge in [0.05, 0.1) is 6.61 Å². The third-order valence-corrected chi connectivity index (χ3v) is 10.6.